The number of nitrogens with two attached hydrogens (primary N) is 1. The standard InChI is InChI=1S/C14H20N4/c1-4-14(2,3)13(15)12-10-16-17-18(12)11-8-6-5-7-9-11/h5-10,13H,4,15H2,1-3H3. The molecule has 1 atom stereocenters. The molecule has 0 aliphatic heterocycles. The van der Waals surface area contributed by atoms with Crippen LogP contribution in [0, 0.1) is 5.41 Å². The molecule has 2 rings (SSSR count). The second kappa shape index (κ2) is 4.90. The van der Waals surface area contributed by atoms with Crippen molar-refractivity contribution < 1.29 is 0 Å². The van der Waals surface area contributed by atoms with Crippen molar-refractivity contribution in [1.29, 1.82) is 0 Å². The summed E-state index contributed by atoms with van der Waals surface area (Å²) in [5, 5.41) is 8.14. The highest BCUT2D eigenvalue weighted by Gasteiger charge is 2.29. The van der Waals surface area contributed by atoms with Crippen LogP contribution in [0.25, 0.3) is 5.69 Å². The van der Waals surface area contributed by atoms with E-state index in [9.17, 15) is 0 Å². The first-order valence-electron chi connectivity index (χ1n) is 6.28. The number of aromatic nitrogens is 3. The summed E-state index contributed by atoms with van der Waals surface area (Å²) in [5.74, 6) is 0. The first-order valence-corrected chi connectivity index (χ1v) is 6.28. The van der Waals surface area contributed by atoms with Crippen LogP contribution in [0.2, 0.25) is 0 Å². The van der Waals surface area contributed by atoms with Crippen molar-refractivity contribution in [2.24, 2.45) is 11.1 Å². The second-order valence-corrected chi connectivity index (χ2v) is 5.23. The average molecular weight is 244 g/mol. The number of nitrogens with zero attached hydrogens (tertiary/aromatic N) is 3. The van der Waals surface area contributed by atoms with Gasteiger partial charge in [-0.15, -0.1) is 5.10 Å². The Kier molecular flexibility index (Phi) is 3.48. The molecule has 4 nitrogen and oxygen atoms in total. The first-order chi connectivity index (χ1) is 8.56. The second-order valence-electron chi connectivity index (χ2n) is 5.23. The van der Waals surface area contributed by atoms with Gasteiger partial charge < -0.3 is 5.73 Å². The fraction of sp³-hybridized carbons (Fsp3) is 0.429. The maximum Gasteiger partial charge on any atom is 0.0818 e. The minimum atomic E-state index is -0.0855. The quantitative estimate of drug-likeness (QED) is 0.899. The van der Waals surface area contributed by atoms with E-state index in [-0.39, 0.29) is 11.5 Å². The molecule has 0 fully saturated rings. The van der Waals surface area contributed by atoms with Crippen LogP contribution < -0.4 is 5.73 Å². The fourth-order valence-corrected chi connectivity index (χ4v) is 1.85. The Labute approximate surface area is 108 Å². The molecule has 18 heavy (non-hydrogen) atoms. The van der Waals surface area contributed by atoms with Gasteiger partial charge in [-0.05, 0) is 24.0 Å². The highest BCUT2D eigenvalue weighted by atomic mass is 15.4. The van der Waals surface area contributed by atoms with Crippen molar-refractivity contribution in [3.63, 3.8) is 0 Å². The lowest BCUT2D eigenvalue weighted by molar-refractivity contribution is 0.270. The van der Waals surface area contributed by atoms with Crippen LogP contribution in [0.4, 0.5) is 0 Å². The lowest BCUT2D eigenvalue weighted by Crippen LogP contribution is -2.30. The molecule has 0 saturated heterocycles. The van der Waals surface area contributed by atoms with Crippen molar-refractivity contribution in [3.05, 3.63) is 42.2 Å². The maximum atomic E-state index is 6.37. The molecule has 2 aromatic rings. The summed E-state index contributed by atoms with van der Waals surface area (Å²) in [6.45, 7) is 6.48. The Bertz CT molecular complexity index is 502. The predicted molar refractivity (Wildman–Crippen MR) is 72.4 cm³/mol. The van der Waals surface area contributed by atoms with E-state index < -0.39 is 0 Å². The molecule has 0 aliphatic rings. The lowest BCUT2D eigenvalue weighted by atomic mass is 9.81. The van der Waals surface area contributed by atoms with Crippen LogP contribution in [0.3, 0.4) is 0 Å². The number of hydrogen-bond acceptors (Lipinski definition) is 3. The molecule has 4 heteroatoms. The van der Waals surface area contributed by atoms with E-state index in [1.807, 2.05) is 35.0 Å². The van der Waals surface area contributed by atoms with Gasteiger partial charge in [-0.3, -0.25) is 0 Å². The number of hydrogen-bond donors (Lipinski definition) is 1. The molecule has 1 aromatic carbocycles. The third-order valence-corrected chi connectivity index (χ3v) is 3.65. The van der Waals surface area contributed by atoms with E-state index in [0.717, 1.165) is 17.8 Å². The van der Waals surface area contributed by atoms with Gasteiger partial charge in [0.25, 0.3) is 0 Å². The SMILES string of the molecule is CCC(C)(C)C(N)c1cnnn1-c1ccccc1. The summed E-state index contributed by atoms with van der Waals surface area (Å²) >= 11 is 0. The molecular formula is C14H20N4. The van der Waals surface area contributed by atoms with Crippen LogP contribution in [-0.2, 0) is 0 Å². The molecule has 0 saturated carbocycles. The zero-order valence-electron chi connectivity index (χ0n) is 11.2. The normalized spacial score (nSPS) is 13.6. The zero-order valence-corrected chi connectivity index (χ0v) is 11.2. The van der Waals surface area contributed by atoms with Crippen LogP contribution in [0.1, 0.15) is 38.9 Å². The van der Waals surface area contributed by atoms with Gasteiger partial charge in [0.2, 0.25) is 0 Å². The van der Waals surface area contributed by atoms with Gasteiger partial charge in [-0.25, -0.2) is 4.68 Å². The molecule has 0 spiro atoms. The van der Waals surface area contributed by atoms with Crippen LogP contribution >= 0.6 is 0 Å². The average Bonchev–Trinajstić information content (AvgIpc) is 2.87. The fourth-order valence-electron chi connectivity index (χ4n) is 1.85. The van der Waals surface area contributed by atoms with Gasteiger partial charge >= 0.3 is 0 Å². The minimum absolute atomic E-state index is 0.0221. The minimum Gasteiger partial charge on any atom is -0.322 e. The molecule has 0 bridgehead atoms. The first kappa shape index (κ1) is 12.8. The number of benzene rings is 1. The number of rotatable bonds is 4. The summed E-state index contributed by atoms with van der Waals surface area (Å²) in [5.41, 5.74) is 8.33. The van der Waals surface area contributed by atoms with Gasteiger partial charge in [0, 0.05) is 0 Å². The largest absolute Gasteiger partial charge is 0.322 e. The molecule has 1 aromatic heterocycles. The molecular weight excluding hydrogens is 224 g/mol. The van der Waals surface area contributed by atoms with Crippen LogP contribution in [0.15, 0.2) is 36.5 Å². The Morgan fingerprint density at radius 2 is 1.94 bits per heavy atom. The molecule has 0 radical (unpaired) electrons. The summed E-state index contributed by atoms with van der Waals surface area (Å²) in [6, 6.07) is 9.87. The molecule has 96 valence electrons. The van der Waals surface area contributed by atoms with Crippen molar-refractivity contribution in [1.82, 2.24) is 15.0 Å². The van der Waals surface area contributed by atoms with Gasteiger partial charge in [0.05, 0.1) is 23.6 Å². The molecule has 0 amide bonds. The van der Waals surface area contributed by atoms with Crippen molar-refractivity contribution >= 4 is 0 Å². The maximum absolute atomic E-state index is 6.37. The van der Waals surface area contributed by atoms with Gasteiger partial charge in [-0.2, -0.15) is 0 Å². The number of para-hydroxylation sites is 1. The highest BCUT2D eigenvalue weighted by molar-refractivity contribution is 5.32. The van der Waals surface area contributed by atoms with E-state index in [1.54, 1.807) is 6.20 Å². The Balaban J connectivity index is 2.40. The molecule has 0 aliphatic carbocycles. The highest BCUT2D eigenvalue weighted by Crippen LogP contribution is 2.34. The third kappa shape index (κ3) is 2.29. The zero-order chi connectivity index (χ0) is 13.2. The summed E-state index contributed by atoms with van der Waals surface area (Å²) in [4.78, 5) is 0. The molecule has 2 N–H and O–H groups in total. The van der Waals surface area contributed by atoms with Crippen molar-refractivity contribution in [2.75, 3.05) is 0 Å². The summed E-state index contributed by atoms with van der Waals surface area (Å²) in [7, 11) is 0. The predicted octanol–water partition coefficient (Wildman–Crippen LogP) is 2.70. The van der Waals surface area contributed by atoms with E-state index >= 15 is 0 Å². The third-order valence-electron chi connectivity index (χ3n) is 3.65. The Hall–Kier alpha value is -1.68. The van der Waals surface area contributed by atoms with Crippen LogP contribution in [-0.4, -0.2) is 15.0 Å². The topological polar surface area (TPSA) is 56.7 Å². The monoisotopic (exact) mass is 244 g/mol. The van der Waals surface area contributed by atoms with E-state index in [0.29, 0.717) is 0 Å². The Morgan fingerprint density at radius 1 is 1.28 bits per heavy atom. The van der Waals surface area contributed by atoms with Crippen LogP contribution in [0.5, 0.6) is 0 Å². The van der Waals surface area contributed by atoms with Gasteiger partial charge in [0.15, 0.2) is 0 Å². The Morgan fingerprint density at radius 3 is 2.56 bits per heavy atom. The van der Waals surface area contributed by atoms with E-state index in [2.05, 4.69) is 31.1 Å². The van der Waals surface area contributed by atoms with E-state index in [4.69, 9.17) is 5.73 Å². The van der Waals surface area contributed by atoms with Gasteiger partial charge in [-0.1, -0.05) is 44.2 Å². The van der Waals surface area contributed by atoms with Gasteiger partial charge in [0.1, 0.15) is 0 Å². The summed E-state index contributed by atoms with van der Waals surface area (Å²) < 4.78 is 1.82. The molecule has 1 unspecified atom stereocenters. The van der Waals surface area contributed by atoms with Crippen molar-refractivity contribution in [2.45, 2.75) is 33.2 Å². The summed E-state index contributed by atoms with van der Waals surface area (Å²) in [6.07, 6.45) is 2.77. The lowest BCUT2D eigenvalue weighted by Gasteiger charge is -2.30. The van der Waals surface area contributed by atoms with Crippen molar-refractivity contribution in [3.8, 4) is 5.69 Å². The smallest absolute Gasteiger partial charge is 0.0818 e. The van der Waals surface area contributed by atoms with E-state index in [1.165, 1.54) is 0 Å². The molecule has 1 heterocycles.